The highest BCUT2D eigenvalue weighted by atomic mass is 32.1. The number of likely N-dealkylation sites (N-methyl/N-ethyl adjacent to an activating group) is 1. The van der Waals surface area contributed by atoms with Gasteiger partial charge in [-0.05, 0) is 49.1 Å². The topological polar surface area (TPSA) is 40.6 Å². The molecule has 134 valence electrons. The molecule has 0 aliphatic carbocycles. The van der Waals surface area contributed by atoms with Gasteiger partial charge in [0.1, 0.15) is 0 Å². The summed E-state index contributed by atoms with van der Waals surface area (Å²) in [7, 11) is 3.84. The number of benzene rings is 2. The number of thiophene rings is 1. The van der Waals surface area contributed by atoms with Crippen molar-refractivity contribution in [1.82, 2.24) is 9.80 Å². The summed E-state index contributed by atoms with van der Waals surface area (Å²) >= 11 is 1.60. The van der Waals surface area contributed by atoms with E-state index in [0.29, 0.717) is 24.2 Å². The summed E-state index contributed by atoms with van der Waals surface area (Å²) in [6.45, 7) is 0.992. The minimum atomic E-state index is -0.246. The molecule has 4 nitrogen and oxygen atoms in total. The van der Waals surface area contributed by atoms with Crippen LogP contribution in [0.3, 0.4) is 0 Å². The molecule has 2 aromatic carbocycles. The molecule has 5 heteroatoms. The predicted molar refractivity (Wildman–Crippen MR) is 108 cm³/mol. The first-order chi connectivity index (χ1) is 13.0. The van der Waals surface area contributed by atoms with E-state index in [4.69, 9.17) is 0 Å². The molecule has 0 spiro atoms. The van der Waals surface area contributed by atoms with Gasteiger partial charge in [-0.1, -0.05) is 24.0 Å². The van der Waals surface area contributed by atoms with Crippen molar-refractivity contribution in [2.75, 3.05) is 27.2 Å². The molecule has 0 unspecified atom stereocenters. The fourth-order valence-electron chi connectivity index (χ4n) is 3.21. The second-order valence-corrected chi connectivity index (χ2v) is 7.53. The van der Waals surface area contributed by atoms with Crippen LogP contribution < -0.4 is 0 Å². The standard InChI is InChI=1S/C22H18N2O2S/c1-23(2)9-10-24-21(25)18-5-3-4-17-12-16(7-6-15-8-11-27-14-15)13-19(20(17)18)22(24)26/h3-5,8,11-14H,9-10H2,1-2H3. The Hall–Kier alpha value is -2.94. The van der Waals surface area contributed by atoms with Crippen LogP contribution in [0, 0.1) is 11.8 Å². The predicted octanol–water partition coefficient (Wildman–Crippen LogP) is 3.46. The highest BCUT2D eigenvalue weighted by Gasteiger charge is 2.32. The van der Waals surface area contributed by atoms with Crippen molar-refractivity contribution in [1.29, 1.82) is 0 Å². The minimum absolute atomic E-state index is 0.225. The zero-order chi connectivity index (χ0) is 19.0. The van der Waals surface area contributed by atoms with Crippen molar-refractivity contribution < 1.29 is 9.59 Å². The molecule has 27 heavy (non-hydrogen) atoms. The van der Waals surface area contributed by atoms with Crippen LogP contribution in [0.1, 0.15) is 31.8 Å². The Morgan fingerprint density at radius 2 is 1.78 bits per heavy atom. The van der Waals surface area contributed by atoms with Crippen molar-refractivity contribution in [3.8, 4) is 11.8 Å². The van der Waals surface area contributed by atoms with Gasteiger partial charge in [-0.15, -0.1) is 0 Å². The Labute approximate surface area is 162 Å². The van der Waals surface area contributed by atoms with E-state index in [2.05, 4.69) is 11.8 Å². The molecule has 4 rings (SSSR count). The van der Waals surface area contributed by atoms with Crippen LogP contribution in [-0.2, 0) is 0 Å². The van der Waals surface area contributed by atoms with Gasteiger partial charge in [-0.25, -0.2) is 0 Å². The largest absolute Gasteiger partial charge is 0.308 e. The van der Waals surface area contributed by atoms with E-state index in [1.165, 1.54) is 4.90 Å². The molecular weight excluding hydrogens is 356 g/mol. The number of imide groups is 1. The number of rotatable bonds is 3. The van der Waals surface area contributed by atoms with E-state index in [1.54, 1.807) is 17.4 Å². The fraction of sp³-hybridized carbons (Fsp3) is 0.182. The molecule has 0 atom stereocenters. The van der Waals surface area contributed by atoms with Crippen LogP contribution >= 0.6 is 11.3 Å². The molecule has 0 N–H and O–H groups in total. The number of carbonyl (C=O) groups excluding carboxylic acids is 2. The number of nitrogens with zero attached hydrogens (tertiary/aromatic N) is 2. The summed E-state index contributed by atoms with van der Waals surface area (Å²) < 4.78 is 0. The molecule has 2 heterocycles. The molecule has 1 aromatic heterocycles. The number of amides is 2. The number of carbonyl (C=O) groups is 2. The molecule has 2 amide bonds. The van der Waals surface area contributed by atoms with Crippen LogP contribution in [0.5, 0.6) is 0 Å². The Balaban J connectivity index is 1.82. The summed E-state index contributed by atoms with van der Waals surface area (Å²) in [5.41, 5.74) is 2.86. The average molecular weight is 374 g/mol. The lowest BCUT2D eigenvalue weighted by atomic mass is 9.92. The van der Waals surface area contributed by atoms with E-state index in [1.807, 2.05) is 60.1 Å². The van der Waals surface area contributed by atoms with Gasteiger partial charge in [0, 0.05) is 46.1 Å². The smallest absolute Gasteiger partial charge is 0.261 e. The third-order valence-electron chi connectivity index (χ3n) is 4.57. The van der Waals surface area contributed by atoms with Gasteiger partial charge in [-0.2, -0.15) is 11.3 Å². The summed E-state index contributed by atoms with van der Waals surface area (Å²) in [4.78, 5) is 29.2. The maximum Gasteiger partial charge on any atom is 0.261 e. The van der Waals surface area contributed by atoms with Crippen molar-refractivity contribution in [2.24, 2.45) is 0 Å². The SMILES string of the molecule is CN(C)CCN1C(=O)c2cccc3cc(C#Cc4ccsc4)cc(c23)C1=O. The lowest BCUT2D eigenvalue weighted by molar-refractivity contribution is 0.0601. The number of hydrogen-bond acceptors (Lipinski definition) is 4. The van der Waals surface area contributed by atoms with Crippen molar-refractivity contribution >= 4 is 33.9 Å². The van der Waals surface area contributed by atoms with Crippen LogP contribution in [0.2, 0.25) is 0 Å². The fourth-order valence-corrected chi connectivity index (χ4v) is 3.80. The highest BCUT2D eigenvalue weighted by molar-refractivity contribution is 7.08. The average Bonchev–Trinajstić information content (AvgIpc) is 3.17. The van der Waals surface area contributed by atoms with Crippen LogP contribution in [-0.4, -0.2) is 48.8 Å². The van der Waals surface area contributed by atoms with E-state index in [0.717, 1.165) is 21.9 Å². The lowest BCUT2D eigenvalue weighted by Gasteiger charge is -2.28. The Morgan fingerprint density at radius 3 is 2.52 bits per heavy atom. The summed E-state index contributed by atoms with van der Waals surface area (Å²) in [6, 6.07) is 11.3. The summed E-state index contributed by atoms with van der Waals surface area (Å²) in [5.74, 6) is 5.80. The zero-order valence-corrected chi connectivity index (χ0v) is 16.0. The zero-order valence-electron chi connectivity index (χ0n) is 15.2. The van der Waals surface area contributed by atoms with E-state index < -0.39 is 0 Å². The summed E-state index contributed by atoms with van der Waals surface area (Å²) in [5, 5.41) is 5.57. The van der Waals surface area contributed by atoms with Crippen molar-refractivity contribution in [2.45, 2.75) is 0 Å². The van der Waals surface area contributed by atoms with Crippen molar-refractivity contribution in [3.05, 3.63) is 69.4 Å². The second-order valence-electron chi connectivity index (χ2n) is 6.75. The molecule has 1 aliphatic heterocycles. The quantitative estimate of drug-likeness (QED) is 0.521. The molecule has 0 bridgehead atoms. The van der Waals surface area contributed by atoms with Crippen LogP contribution in [0.4, 0.5) is 0 Å². The van der Waals surface area contributed by atoms with Crippen LogP contribution in [0.15, 0.2) is 47.2 Å². The van der Waals surface area contributed by atoms with Gasteiger partial charge in [0.05, 0.1) is 0 Å². The molecule has 0 radical (unpaired) electrons. The first-order valence-electron chi connectivity index (χ1n) is 8.66. The van der Waals surface area contributed by atoms with Gasteiger partial charge < -0.3 is 4.90 Å². The Kier molecular flexibility index (Phi) is 4.53. The van der Waals surface area contributed by atoms with Crippen molar-refractivity contribution in [3.63, 3.8) is 0 Å². The molecule has 0 saturated carbocycles. The third-order valence-corrected chi connectivity index (χ3v) is 5.25. The second kappa shape index (κ2) is 6.99. The third kappa shape index (κ3) is 3.25. The maximum absolute atomic E-state index is 13.1. The van der Waals surface area contributed by atoms with E-state index in [-0.39, 0.29) is 11.8 Å². The first-order valence-corrected chi connectivity index (χ1v) is 9.61. The number of hydrogen-bond donors (Lipinski definition) is 0. The molecule has 3 aromatic rings. The molecule has 0 fully saturated rings. The van der Waals surface area contributed by atoms with Crippen LogP contribution in [0.25, 0.3) is 10.8 Å². The highest BCUT2D eigenvalue weighted by Crippen LogP contribution is 2.31. The van der Waals surface area contributed by atoms with E-state index >= 15 is 0 Å². The van der Waals surface area contributed by atoms with Gasteiger partial charge in [-0.3, -0.25) is 14.5 Å². The van der Waals surface area contributed by atoms with Gasteiger partial charge in [0.2, 0.25) is 0 Å². The maximum atomic E-state index is 13.1. The minimum Gasteiger partial charge on any atom is -0.308 e. The molecule has 1 aliphatic rings. The molecule has 0 saturated heterocycles. The first kappa shape index (κ1) is 17.5. The Morgan fingerprint density at radius 1 is 1.00 bits per heavy atom. The molecular formula is C22H18N2O2S. The van der Waals surface area contributed by atoms with Gasteiger partial charge in [0.15, 0.2) is 0 Å². The van der Waals surface area contributed by atoms with E-state index in [9.17, 15) is 9.59 Å². The van der Waals surface area contributed by atoms with Gasteiger partial charge >= 0.3 is 0 Å². The van der Waals surface area contributed by atoms with Gasteiger partial charge in [0.25, 0.3) is 11.8 Å². The Bertz CT molecular complexity index is 1100. The summed E-state index contributed by atoms with van der Waals surface area (Å²) in [6.07, 6.45) is 0. The lowest BCUT2D eigenvalue weighted by Crippen LogP contribution is -2.43. The normalized spacial score (nSPS) is 13.2. The monoisotopic (exact) mass is 374 g/mol.